The van der Waals surface area contributed by atoms with Gasteiger partial charge in [0.05, 0.1) is 5.60 Å². The van der Waals surface area contributed by atoms with Crippen LogP contribution in [0.15, 0.2) is 12.1 Å². The van der Waals surface area contributed by atoms with Crippen LogP contribution in [0.4, 0.5) is 13.2 Å². The fourth-order valence-corrected chi connectivity index (χ4v) is 2.08. The molecule has 20 heavy (non-hydrogen) atoms. The summed E-state index contributed by atoms with van der Waals surface area (Å²) in [5.74, 6) is -2.62. The van der Waals surface area contributed by atoms with E-state index >= 15 is 0 Å². The molecular weight excluding hydrogens is 267 g/mol. The van der Waals surface area contributed by atoms with E-state index in [-0.39, 0.29) is 11.2 Å². The van der Waals surface area contributed by atoms with Gasteiger partial charge in [-0.25, -0.2) is 13.2 Å². The van der Waals surface area contributed by atoms with Crippen LogP contribution in [0, 0.1) is 17.5 Å². The van der Waals surface area contributed by atoms with E-state index < -0.39 is 23.5 Å². The first-order valence-electron chi connectivity index (χ1n) is 6.73. The Bertz CT molecular complexity index is 426. The minimum Gasteiger partial charge on any atom is -0.379 e. The number of methoxy groups -OCH3 is 1. The van der Waals surface area contributed by atoms with Gasteiger partial charge in [-0.2, -0.15) is 0 Å². The number of halogens is 3. The first kappa shape index (κ1) is 17.0. The molecule has 0 bridgehead atoms. The molecule has 0 aliphatic carbocycles. The Kier molecular flexibility index (Phi) is 6.02. The van der Waals surface area contributed by atoms with Gasteiger partial charge in [0.25, 0.3) is 0 Å². The van der Waals surface area contributed by atoms with Crippen molar-refractivity contribution in [3.05, 3.63) is 35.1 Å². The Morgan fingerprint density at radius 1 is 1.20 bits per heavy atom. The third-order valence-electron chi connectivity index (χ3n) is 3.43. The minimum atomic E-state index is -0.906. The van der Waals surface area contributed by atoms with Gasteiger partial charge in [-0.1, -0.05) is 6.92 Å². The number of rotatable bonds is 7. The number of nitrogens with one attached hydrogen (secondary N) is 1. The summed E-state index contributed by atoms with van der Waals surface area (Å²) in [6, 6.07) is 0.920. The molecule has 0 heterocycles. The maximum atomic E-state index is 13.8. The molecule has 2 nitrogen and oxygen atoms in total. The molecule has 1 atom stereocenters. The monoisotopic (exact) mass is 289 g/mol. The Morgan fingerprint density at radius 2 is 1.75 bits per heavy atom. The predicted octanol–water partition coefficient (Wildman–Crippen LogP) is 3.96. The van der Waals surface area contributed by atoms with E-state index in [1.807, 2.05) is 20.8 Å². The summed E-state index contributed by atoms with van der Waals surface area (Å²) in [4.78, 5) is 0. The molecule has 0 saturated carbocycles. The van der Waals surface area contributed by atoms with Crippen molar-refractivity contribution in [2.75, 3.05) is 13.7 Å². The maximum Gasteiger partial charge on any atom is 0.133 e. The second-order valence-electron chi connectivity index (χ2n) is 5.40. The predicted molar refractivity (Wildman–Crippen MR) is 73.1 cm³/mol. The van der Waals surface area contributed by atoms with Gasteiger partial charge >= 0.3 is 0 Å². The summed E-state index contributed by atoms with van der Waals surface area (Å²) >= 11 is 0. The Balaban J connectivity index is 2.97. The molecule has 0 spiro atoms. The summed E-state index contributed by atoms with van der Waals surface area (Å²) in [6.07, 6.45) is 1.12. The zero-order valence-corrected chi connectivity index (χ0v) is 12.4. The van der Waals surface area contributed by atoms with Crippen LogP contribution in [-0.2, 0) is 4.74 Å². The first-order valence-corrected chi connectivity index (χ1v) is 6.73. The van der Waals surface area contributed by atoms with E-state index in [9.17, 15) is 13.2 Å². The lowest BCUT2D eigenvalue weighted by Crippen LogP contribution is -2.28. The molecule has 1 aromatic rings. The van der Waals surface area contributed by atoms with E-state index in [1.54, 1.807) is 7.11 Å². The minimum absolute atomic E-state index is 0.111. The van der Waals surface area contributed by atoms with Crippen molar-refractivity contribution in [2.24, 2.45) is 0 Å². The number of hydrogen-bond donors (Lipinski definition) is 1. The number of benzene rings is 1. The third kappa shape index (κ3) is 4.49. The normalized spacial score (nSPS) is 13.6. The van der Waals surface area contributed by atoms with Crippen molar-refractivity contribution < 1.29 is 17.9 Å². The highest BCUT2D eigenvalue weighted by molar-refractivity contribution is 5.24. The smallest absolute Gasteiger partial charge is 0.133 e. The standard InChI is InChI=1S/C15H22F3NO/c1-5-19-13(6-7-15(2,3)20-4)14-11(17)8-10(16)9-12(14)18/h8-9,13,19H,5-7H2,1-4H3. The SMILES string of the molecule is CCNC(CCC(C)(C)OC)c1c(F)cc(F)cc1F. The summed E-state index contributed by atoms with van der Waals surface area (Å²) in [7, 11) is 1.60. The summed E-state index contributed by atoms with van der Waals surface area (Å²) in [6.45, 7) is 6.24. The second kappa shape index (κ2) is 7.09. The van der Waals surface area contributed by atoms with Gasteiger partial charge in [0.1, 0.15) is 17.5 Å². The Morgan fingerprint density at radius 3 is 2.20 bits per heavy atom. The fourth-order valence-electron chi connectivity index (χ4n) is 2.08. The van der Waals surface area contributed by atoms with Crippen LogP contribution >= 0.6 is 0 Å². The van der Waals surface area contributed by atoms with Crippen molar-refractivity contribution in [3.63, 3.8) is 0 Å². The van der Waals surface area contributed by atoms with Crippen LogP contribution < -0.4 is 5.32 Å². The average Bonchev–Trinajstić information content (AvgIpc) is 2.35. The average molecular weight is 289 g/mol. The molecule has 0 aromatic heterocycles. The zero-order valence-electron chi connectivity index (χ0n) is 12.4. The first-order chi connectivity index (χ1) is 9.30. The van der Waals surface area contributed by atoms with E-state index in [0.29, 0.717) is 31.5 Å². The van der Waals surface area contributed by atoms with Gasteiger partial charge in [-0.3, -0.25) is 0 Å². The largest absolute Gasteiger partial charge is 0.379 e. The van der Waals surface area contributed by atoms with Gasteiger partial charge in [0.2, 0.25) is 0 Å². The van der Waals surface area contributed by atoms with Crippen LogP contribution in [0.5, 0.6) is 0 Å². The molecule has 5 heteroatoms. The van der Waals surface area contributed by atoms with Crippen molar-refractivity contribution >= 4 is 0 Å². The van der Waals surface area contributed by atoms with Gasteiger partial charge in [-0.05, 0) is 33.2 Å². The molecule has 0 fully saturated rings. The van der Waals surface area contributed by atoms with Crippen molar-refractivity contribution in [1.82, 2.24) is 5.32 Å². The lowest BCUT2D eigenvalue weighted by atomic mass is 9.94. The molecule has 1 rings (SSSR count). The quantitative estimate of drug-likeness (QED) is 0.820. The van der Waals surface area contributed by atoms with E-state index in [0.717, 1.165) is 0 Å². The molecule has 0 aliphatic heterocycles. The van der Waals surface area contributed by atoms with Crippen LogP contribution in [0.1, 0.15) is 45.2 Å². The second-order valence-corrected chi connectivity index (χ2v) is 5.40. The maximum absolute atomic E-state index is 13.8. The molecule has 0 radical (unpaired) electrons. The van der Waals surface area contributed by atoms with Crippen molar-refractivity contribution in [1.29, 1.82) is 0 Å². The molecule has 0 saturated heterocycles. The lowest BCUT2D eigenvalue weighted by Gasteiger charge is -2.27. The molecule has 1 aromatic carbocycles. The third-order valence-corrected chi connectivity index (χ3v) is 3.43. The van der Waals surface area contributed by atoms with Crippen LogP contribution in [0.25, 0.3) is 0 Å². The molecule has 1 unspecified atom stereocenters. The number of ether oxygens (including phenoxy) is 1. The van der Waals surface area contributed by atoms with E-state index in [1.165, 1.54) is 0 Å². The highest BCUT2D eigenvalue weighted by atomic mass is 19.1. The molecule has 114 valence electrons. The van der Waals surface area contributed by atoms with Crippen molar-refractivity contribution in [2.45, 2.75) is 45.3 Å². The van der Waals surface area contributed by atoms with Crippen molar-refractivity contribution in [3.8, 4) is 0 Å². The summed E-state index contributed by atoms with van der Waals surface area (Å²) in [5.41, 5.74) is -0.485. The lowest BCUT2D eigenvalue weighted by molar-refractivity contribution is 0.0115. The molecule has 0 aliphatic rings. The zero-order chi connectivity index (χ0) is 15.3. The van der Waals surface area contributed by atoms with Gasteiger partial charge < -0.3 is 10.1 Å². The highest BCUT2D eigenvalue weighted by Gasteiger charge is 2.24. The number of hydrogen-bond acceptors (Lipinski definition) is 2. The molecule has 1 N–H and O–H groups in total. The van der Waals surface area contributed by atoms with Gasteiger partial charge in [-0.15, -0.1) is 0 Å². The fraction of sp³-hybridized carbons (Fsp3) is 0.600. The Hall–Kier alpha value is -1.07. The van der Waals surface area contributed by atoms with Crippen LogP contribution in [0.3, 0.4) is 0 Å². The van der Waals surface area contributed by atoms with E-state index in [4.69, 9.17) is 4.74 Å². The summed E-state index contributed by atoms with van der Waals surface area (Å²) in [5, 5.41) is 3.04. The van der Waals surface area contributed by atoms with Gasteiger partial charge in [0.15, 0.2) is 0 Å². The topological polar surface area (TPSA) is 21.3 Å². The van der Waals surface area contributed by atoms with Gasteiger partial charge in [0, 0.05) is 30.8 Å². The molecular formula is C15H22F3NO. The Labute approximate surface area is 118 Å². The van der Waals surface area contributed by atoms with Crippen LogP contribution in [0.2, 0.25) is 0 Å². The highest BCUT2D eigenvalue weighted by Crippen LogP contribution is 2.28. The van der Waals surface area contributed by atoms with Crippen LogP contribution in [-0.4, -0.2) is 19.3 Å². The summed E-state index contributed by atoms with van der Waals surface area (Å²) < 4.78 is 45.9. The molecule has 0 amide bonds. The van der Waals surface area contributed by atoms with E-state index in [2.05, 4.69) is 5.32 Å².